The molecule has 0 spiro atoms. The van der Waals surface area contributed by atoms with E-state index in [-0.39, 0.29) is 0 Å². The minimum Gasteiger partial charge on any atom is -0.310 e. The smallest absolute Gasteiger partial charge is 0.0716 e. The second-order valence-electron chi connectivity index (χ2n) is 11.7. The van der Waals surface area contributed by atoms with Gasteiger partial charge in [0.15, 0.2) is 0 Å². The van der Waals surface area contributed by atoms with Crippen LogP contribution in [0.3, 0.4) is 0 Å². The van der Waals surface area contributed by atoms with Gasteiger partial charge in [-0.25, -0.2) is 4.98 Å². The first-order chi connectivity index (χ1) is 23.3. The Morgan fingerprint density at radius 3 is 1.57 bits per heavy atom. The van der Waals surface area contributed by atoms with Gasteiger partial charge in [-0.05, 0) is 105 Å². The highest BCUT2D eigenvalue weighted by Crippen LogP contribution is 2.51. The third-order valence-electron chi connectivity index (χ3n) is 9.02. The zero-order chi connectivity index (χ0) is 31.2. The number of hydrogen-bond donors (Lipinski definition) is 0. The first-order valence-corrected chi connectivity index (χ1v) is 15.8. The standard InChI is InChI=1S/C43H28N4/c1-2-7-33(8-3-1)47(42-18-17-38-36-10-5-4-9-35(36)37-11-6-12-39(42)43(37)38)34-15-13-29(14-16-34)32-27-40(30-19-23-44-24-20-30)46-41(28-32)31-21-25-45-26-22-31/h1-28H. The van der Waals surface area contributed by atoms with E-state index in [0.717, 1.165) is 50.7 Å². The number of fused-ring (bicyclic) bond motifs is 3. The molecule has 0 aliphatic heterocycles. The van der Waals surface area contributed by atoms with Gasteiger partial charge in [0, 0.05) is 52.7 Å². The number of anilines is 3. The average molecular weight is 601 g/mol. The summed E-state index contributed by atoms with van der Waals surface area (Å²) in [4.78, 5) is 15.8. The van der Waals surface area contributed by atoms with Gasteiger partial charge in [0.1, 0.15) is 0 Å². The quantitative estimate of drug-likeness (QED) is 0.190. The fourth-order valence-electron chi connectivity index (χ4n) is 6.83. The molecule has 0 saturated carbocycles. The monoisotopic (exact) mass is 600 g/mol. The number of rotatable bonds is 6. The number of pyridine rings is 3. The van der Waals surface area contributed by atoms with Crippen LogP contribution < -0.4 is 4.90 Å². The maximum Gasteiger partial charge on any atom is 0.0716 e. The van der Waals surface area contributed by atoms with Crippen molar-refractivity contribution in [2.75, 3.05) is 4.90 Å². The molecular formula is C43H28N4. The van der Waals surface area contributed by atoms with Crippen LogP contribution in [0.4, 0.5) is 17.1 Å². The summed E-state index contributed by atoms with van der Waals surface area (Å²) in [7, 11) is 0. The summed E-state index contributed by atoms with van der Waals surface area (Å²) in [6.45, 7) is 0. The Morgan fingerprint density at radius 2 is 0.936 bits per heavy atom. The Labute approximate surface area is 273 Å². The van der Waals surface area contributed by atoms with Crippen LogP contribution in [0.1, 0.15) is 0 Å². The number of para-hydroxylation sites is 1. The molecule has 4 heteroatoms. The highest BCUT2D eigenvalue weighted by molar-refractivity contribution is 6.19. The van der Waals surface area contributed by atoms with Crippen LogP contribution in [0, 0.1) is 0 Å². The zero-order valence-electron chi connectivity index (χ0n) is 25.5. The molecular weight excluding hydrogens is 573 g/mol. The van der Waals surface area contributed by atoms with Crippen LogP contribution in [0.2, 0.25) is 0 Å². The van der Waals surface area contributed by atoms with E-state index in [0.29, 0.717) is 0 Å². The van der Waals surface area contributed by atoms with E-state index in [4.69, 9.17) is 4.98 Å². The van der Waals surface area contributed by atoms with Gasteiger partial charge in [0.25, 0.3) is 0 Å². The van der Waals surface area contributed by atoms with Crippen molar-refractivity contribution in [3.8, 4) is 55.9 Å². The van der Waals surface area contributed by atoms with Crippen molar-refractivity contribution in [3.63, 3.8) is 0 Å². The maximum absolute atomic E-state index is 5.02. The molecule has 0 unspecified atom stereocenters. The van der Waals surface area contributed by atoms with Crippen LogP contribution >= 0.6 is 0 Å². The predicted octanol–water partition coefficient (Wildman–Crippen LogP) is 11.1. The number of nitrogens with zero attached hydrogens (tertiary/aromatic N) is 4. The van der Waals surface area contributed by atoms with E-state index in [1.165, 1.54) is 33.0 Å². The van der Waals surface area contributed by atoms with Gasteiger partial charge >= 0.3 is 0 Å². The molecule has 3 heterocycles. The van der Waals surface area contributed by atoms with Gasteiger partial charge < -0.3 is 4.90 Å². The van der Waals surface area contributed by atoms with Gasteiger partial charge in [0.05, 0.1) is 17.1 Å². The molecule has 9 rings (SSSR count). The van der Waals surface area contributed by atoms with Gasteiger partial charge in [-0.15, -0.1) is 0 Å². The van der Waals surface area contributed by atoms with Gasteiger partial charge in [-0.3, -0.25) is 9.97 Å². The first kappa shape index (κ1) is 27.0. The third-order valence-corrected chi connectivity index (χ3v) is 9.02. The summed E-state index contributed by atoms with van der Waals surface area (Å²) in [6.07, 6.45) is 7.23. The van der Waals surface area contributed by atoms with Gasteiger partial charge in [-0.1, -0.05) is 78.9 Å². The molecule has 0 amide bonds. The SMILES string of the molecule is c1ccc(N(c2ccc(-c3cc(-c4ccncc4)nc(-c4ccncc4)c3)cc2)c2ccc3c4c(cccc24)-c2ccccc2-3)cc1. The maximum atomic E-state index is 5.02. The van der Waals surface area contributed by atoms with E-state index in [9.17, 15) is 0 Å². The summed E-state index contributed by atoms with van der Waals surface area (Å²) >= 11 is 0. The van der Waals surface area contributed by atoms with Crippen LogP contribution in [-0.4, -0.2) is 15.0 Å². The lowest BCUT2D eigenvalue weighted by molar-refractivity contribution is 1.27. The normalized spacial score (nSPS) is 11.4. The van der Waals surface area contributed by atoms with Crippen LogP contribution in [0.5, 0.6) is 0 Å². The zero-order valence-corrected chi connectivity index (χ0v) is 25.5. The van der Waals surface area contributed by atoms with Crippen LogP contribution in [0.15, 0.2) is 170 Å². The molecule has 1 aliphatic carbocycles. The largest absolute Gasteiger partial charge is 0.310 e. The van der Waals surface area contributed by atoms with Crippen molar-refractivity contribution in [1.29, 1.82) is 0 Å². The molecule has 47 heavy (non-hydrogen) atoms. The van der Waals surface area contributed by atoms with Crippen molar-refractivity contribution in [1.82, 2.24) is 15.0 Å². The fourth-order valence-corrected chi connectivity index (χ4v) is 6.83. The number of benzene rings is 5. The molecule has 0 atom stereocenters. The molecule has 0 saturated heterocycles. The Morgan fingerprint density at radius 1 is 0.383 bits per heavy atom. The van der Waals surface area contributed by atoms with Crippen molar-refractivity contribution >= 4 is 27.8 Å². The Kier molecular flexibility index (Phi) is 6.43. The van der Waals surface area contributed by atoms with E-state index in [1.807, 2.05) is 49.1 Å². The number of aromatic nitrogens is 3. The van der Waals surface area contributed by atoms with E-state index >= 15 is 0 Å². The van der Waals surface area contributed by atoms with Crippen LogP contribution in [-0.2, 0) is 0 Å². The minimum absolute atomic E-state index is 0.903. The lowest BCUT2D eigenvalue weighted by Crippen LogP contribution is -2.10. The Balaban J connectivity index is 1.18. The molecule has 0 radical (unpaired) electrons. The predicted molar refractivity (Wildman–Crippen MR) is 193 cm³/mol. The van der Waals surface area contributed by atoms with Crippen molar-refractivity contribution in [2.24, 2.45) is 0 Å². The Bertz CT molecular complexity index is 2300. The number of hydrogen-bond acceptors (Lipinski definition) is 4. The molecule has 5 aromatic carbocycles. The van der Waals surface area contributed by atoms with Crippen molar-refractivity contribution in [2.45, 2.75) is 0 Å². The highest BCUT2D eigenvalue weighted by atomic mass is 15.1. The molecule has 3 aromatic heterocycles. The molecule has 4 nitrogen and oxygen atoms in total. The lowest BCUT2D eigenvalue weighted by Gasteiger charge is -2.27. The average Bonchev–Trinajstić information content (AvgIpc) is 3.49. The highest BCUT2D eigenvalue weighted by Gasteiger charge is 2.24. The van der Waals surface area contributed by atoms with Crippen molar-refractivity contribution < 1.29 is 0 Å². The Hall–Kier alpha value is -6.39. The molecule has 220 valence electrons. The van der Waals surface area contributed by atoms with Crippen molar-refractivity contribution in [3.05, 3.63) is 170 Å². The third kappa shape index (κ3) is 4.66. The second kappa shape index (κ2) is 11.2. The van der Waals surface area contributed by atoms with Crippen LogP contribution in [0.25, 0.3) is 66.7 Å². The molecule has 0 N–H and O–H groups in total. The molecule has 8 aromatic rings. The lowest BCUT2D eigenvalue weighted by atomic mass is 9.99. The van der Waals surface area contributed by atoms with E-state index in [2.05, 4.69) is 136 Å². The molecule has 0 fully saturated rings. The fraction of sp³-hybridized carbons (Fsp3) is 0. The van der Waals surface area contributed by atoms with Gasteiger partial charge in [0.2, 0.25) is 0 Å². The first-order valence-electron chi connectivity index (χ1n) is 15.8. The van der Waals surface area contributed by atoms with E-state index < -0.39 is 0 Å². The summed E-state index contributed by atoms with van der Waals surface area (Å²) in [5.41, 5.74) is 14.6. The summed E-state index contributed by atoms with van der Waals surface area (Å²) in [6, 6.07) is 51.8. The summed E-state index contributed by atoms with van der Waals surface area (Å²) < 4.78 is 0. The van der Waals surface area contributed by atoms with Gasteiger partial charge in [-0.2, -0.15) is 0 Å². The minimum atomic E-state index is 0.903. The second-order valence-corrected chi connectivity index (χ2v) is 11.7. The molecule has 1 aliphatic rings. The summed E-state index contributed by atoms with van der Waals surface area (Å²) in [5, 5.41) is 2.55. The van der Waals surface area contributed by atoms with E-state index in [1.54, 1.807) is 0 Å². The molecule has 0 bridgehead atoms. The topological polar surface area (TPSA) is 41.9 Å². The summed E-state index contributed by atoms with van der Waals surface area (Å²) in [5.74, 6) is 0.